The molecular formula is C47H81N19O14S. The molecule has 0 aliphatic carbocycles. The van der Waals surface area contributed by atoms with Crippen LogP contribution in [0.3, 0.4) is 0 Å². The number of primary amides is 1. The van der Waals surface area contributed by atoms with Crippen molar-refractivity contribution in [1.29, 1.82) is 0 Å². The number of nitrogens with two attached hydrogens (primary N) is 6. The molecule has 0 spiro atoms. The van der Waals surface area contributed by atoms with Gasteiger partial charge in [-0.25, -0.2) is 9.78 Å². The maximum Gasteiger partial charge on any atom is 0.326 e. The number of aromatic nitrogens is 2. The summed E-state index contributed by atoms with van der Waals surface area (Å²) in [4.78, 5) is 172. The normalized spacial score (nSPS) is 15.0. The van der Waals surface area contributed by atoms with Crippen LogP contribution in [0.25, 0.3) is 0 Å². The Bertz CT molecular complexity index is 2390. The minimum Gasteiger partial charge on any atom is -0.481 e. The fraction of sp³-hybridized carbons (Fsp3) is 0.638. The van der Waals surface area contributed by atoms with Crippen molar-refractivity contribution in [1.82, 2.24) is 57.8 Å². The second-order valence-electron chi connectivity index (χ2n) is 19.4. The van der Waals surface area contributed by atoms with Crippen molar-refractivity contribution in [2.75, 3.05) is 18.8 Å². The van der Waals surface area contributed by atoms with Crippen molar-refractivity contribution in [2.45, 2.75) is 160 Å². The van der Waals surface area contributed by atoms with E-state index in [9.17, 15) is 67.7 Å². The number of hydrogen-bond acceptors (Lipinski definition) is 17. The molecular weight excluding hydrogens is 1090 g/mol. The molecule has 11 atom stereocenters. The Balaban J connectivity index is 3.42. The maximum atomic E-state index is 14.2. The van der Waals surface area contributed by atoms with Crippen LogP contribution in [-0.4, -0.2) is 182 Å². The third kappa shape index (κ3) is 27.4. The molecule has 1 heterocycles. The summed E-state index contributed by atoms with van der Waals surface area (Å²) in [5.41, 5.74) is 33.0. The second-order valence-corrected chi connectivity index (χ2v) is 19.8. The number of hydrogen-bond donors (Lipinski definition) is 19. The van der Waals surface area contributed by atoms with Crippen LogP contribution in [0.2, 0.25) is 0 Å². The molecule has 0 aliphatic heterocycles. The van der Waals surface area contributed by atoms with Crippen LogP contribution < -0.4 is 82.3 Å². The molecule has 0 saturated carbocycles. The van der Waals surface area contributed by atoms with Gasteiger partial charge < -0.3 is 97.5 Å². The van der Waals surface area contributed by atoms with Crippen molar-refractivity contribution in [3.05, 3.63) is 18.2 Å². The standard InChI is InChI=1S/C47H81N19O14S/c1-7-22(4)35(66-38(72)26(48)19-81)44(78)64-30(15-25-18-54-20-57-25)42(76)61-28(11-9-13-56-47(52)53)39(73)63-31(17-34(68)69)43(77)62-29(14-21(2)3)41(75)59-23(5)36(70)58-24(6)37(71)60-27(10-8-12-55-46(50)51)40(74)65-32(45(79)80)16-33(49)67/h18,20-24,26-32,35,81H,7-17,19,48H2,1-6H3,(H2,49,67)(H,54,57)(H,58,70)(H,59,75)(H,60,71)(H,61,76)(H,62,77)(H,63,73)(H,64,78)(H,65,74)(H,66,72)(H,68,69)(H,79,80)(H4,50,51,55)(H4,52,53,56)/t22-,23-,24-,26-,27-,28-,29-,30-,31-,32-,35-/m0/s1. The zero-order valence-electron chi connectivity index (χ0n) is 46.1. The Hall–Kier alpha value is -8.30. The van der Waals surface area contributed by atoms with E-state index in [4.69, 9.17) is 34.4 Å². The number of thiol groups is 1. The van der Waals surface area contributed by atoms with E-state index >= 15 is 0 Å². The van der Waals surface area contributed by atoms with E-state index in [0.717, 1.165) is 0 Å². The summed E-state index contributed by atoms with van der Waals surface area (Å²) in [6.07, 6.45) is 0.795. The first-order valence-electron chi connectivity index (χ1n) is 25.8. The molecule has 0 fully saturated rings. The summed E-state index contributed by atoms with van der Waals surface area (Å²) in [7, 11) is 0. The van der Waals surface area contributed by atoms with Crippen LogP contribution >= 0.6 is 12.6 Å². The fourth-order valence-electron chi connectivity index (χ4n) is 7.33. The van der Waals surface area contributed by atoms with Gasteiger partial charge in [-0.05, 0) is 57.8 Å². The first-order valence-corrected chi connectivity index (χ1v) is 26.4. The summed E-state index contributed by atoms with van der Waals surface area (Å²) in [6, 6.07) is -14.6. The number of carbonyl (C=O) groups is 12. The Morgan fingerprint density at radius 3 is 1.48 bits per heavy atom. The Morgan fingerprint density at radius 2 is 1.02 bits per heavy atom. The van der Waals surface area contributed by atoms with Crippen LogP contribution in [0, 0.1) is 11.8 Å². The average molecular weight is 1170 g/mol. The number of nitrogens with one attached hydrogen (secondary N) is 10. The number of aliphatic carboxylic acids is 2. The summed E-state index contributed by atoms with van der Waals surface area (Å²) >= 11 is 4.05. The number of rotatable bonds is 38. The SMILES string of the molecule is CC[C@H](C)[C@H](NC(=O)[C@@H](N)CS)C(=O)N[C@@H](Cc1cnc[nH]1)C(=O)N[C@@H](CCCN=C(N)N)C(=O)N[C@@H](CC(=O)O)C(=O)N[C@@H](CC(C)C)C(=O)N[C@@H](C)C(=O)N[C@@H](C)C(=O)N[C@@H](CCCN=C(N)N)C(=O)N[C@@H](CC(N)=O)C(=O)O. The molecule has 0 bridgehead atoms. The van der Waals surface area contributed by atoms with E-state index in [1.165, 1.54) is 26.4 Å². The first-order chi connectivity index (χ1) is 37.9. The van der Waals surface area contributed by atoms with E-state index in [1.807, 2.05) is 0 Å². The number of H-pyrrole nitrogens is 1. The summed E-state index contributed by atoms with van der Waals surface area (Å²) in [5.74, 6) is -14.0. The summed E-state index contributed by atoms with van der Waals surface area (Å²) < 4.78 is 0. The number of aliphatic imine (C=N–C) groups is 2. The lowest BCUT2D eigenvalue weighted by atomic mass is 9.97. The Morgan fingerprint density at radius 1 is 0.580 bits per heavy atom. The molecule has 24 N–H and O–H groups in total. The smallest absolute Gasteiger partial charge is 0.326 e. The van der Waals surface area contributed by atoms with Crippen LogP contribution in [0.4, 0.5) is 0 Å². The molecule has 0 radical (unpaired) electrons. The molecule has 81 heavy (non-hydrogen) atoms. The van der Waals surface area contributed by atoms with E-state index in [1.54, 1.807) is 27.7 Å². The number of imidazole rings is 1. The van der Waals surface area contributed by atoms with Crippen LogP contribution in [-0.2, 0) is 64.0 Å². The maximum absolute atomic E-state index is 14.2. The van der Waals surface area contributed by atoms with Gasteiger partial charge in [0.25, 0.3) is 0 Å². The highest BCUT2D eigenvalue weighted by molar-refractivity contribution is 7.80. The van der Waals surface area contributed by atoms with Gasteiger partial charge in [0.15, 0.2) is 11.9 Å². The van der Waals surface area contributed by atoms with Gasteiger partial charge >= 0.3 is 11.9 Å². The topological polar surface area (TPSA) is 563 Å². The van der Waals surface area contributed by atoms with E-state index in [0.29, 0.717) is 12.1 Å². The van der Waals surface area contributed by atoms with Crippen LogP contribution in [0.1, 0.15) is 98.6 Å². The molecule has 1 aromatic rings. The van der Waals surface area contributed by atoms with Gasteiger partial charge in [-0.15, -0.1) is 0 Å². The predicted molar refractivity (Wildman–Crippen MR) is 295 cm³/mol. The third-order valence-corrected chi connectivity index (χ3v) is 12.4. The molecule has 0 unspecified atom stereocenters. The Labute approximate surface area is 472 Å². The van der Waals surface area contributed by atoms with Gasteiger partial charge in [0.05, 0.1) is 25.2 Å². The quantitative estimate of drug-likeness (QED) is 0.0127. The monoisotopic (exact) mass is 1170 g/mol. The van der Waals surface area contributed by atoms with E-state index < -0.39 is 150 Å². The third-order valence-electron chi connectivity index (χ3n) is 12.0. The highest BCUT2D eigenvalue weighted by Gasteiger charge is 2.36. The molecule has 454 valence electrons. The second kappa shape index (κ2) is 36.1. The zero-order chi connectivity index (χ0) is 61.7. The molecule has 1 rings (SSSR count). The van der Waals surface area contributed by atoms with E-state index in [-0.39, 0.29) is 75.2 Å². The van der Waals surface area contributed by atoms with Crippen LogP contribution in [0.15, 0.2) is 22.5 Å². The lowest BCUT2D eigenvalue weighted by Gasteiger charge is -2.28. The van der Waals surface area contributed by atoms with Gasteiger partial charge in [0.2, 0.25) is 59.1 Å². The minimum atomic E-state index is -1.89. The van der Waals surface area contributed by atoms with Gasteiger partial charge in [0, 0.05) is 37.2 Å². The van der Waals surface area contributed by atoms with Gasteiger partial charge in [-0.2, -0.15) is 12.6 Å². The average Bonchev–Trinajstić information content (AvgIpc) is 3.92. The summed E-state index contributed by atoms with van der Waals surface area (Å²) in [6.45, 7) is 9.26. The van der Waals surface area contributed by atoms with Crippen LogP contribution in [0.5, 0.6) is 0 Å². The molecule has 1 aromatic heterocycles. The molecule has 33 nitrogen and oxygen atoms in total. The number of guanidine groups is 2. The first kappa shape index (κ1) is 70.7. The largest absolute Gasteiger partial charge is 0.481 e. The highest BCUT2D eigenvalue weighted by Crippen LogP contribution is 2.12. The highest BCUT2D eigenvalue weighted by atomic mass is 32.1. The minimum absolute atomic E-state index is 0.00238. The number of nitrogens with zero attached hydrogens (tertiary/aromatic N) is 3. The number of aromatic amines is 1. The van der Waals surface area contributed by atoms with Gasteiger partial charge in [0.1, 0.15) is 54.4 Å². The lowest BCUT2D eigenvalue weighted by molar-refractivity contribution is -0.143. The molecule has 10 amide bonds. The number of carboxylic acid groups (broad SMARTS) is 2. The predicted octanol–water partition coefficient (Wildman–Crippen LogP) is -6.75. The molecule has 0 saturated heterocycles. The number of amides is 10. The lowest BCUT2D eigenvalue weighted by Crippen LogP contribution is -2.61. The molecule has 34 heteroatoms. The summed E-state index contributed by atoms with van der Waals surface area (Å²) in [5, 5.41) is 41.2. The van der Waals surface area contributed by atoms with Gasteiger partial charge in [-0.3, -0.25) is 62.7 Å². The number of carboxylic acids is 2. The number of carbonyl (C=O) groups excluding carboxylic acids is 10. The Kier molecular flexibility index (Phi) is 31.5. The zero-order valence-corrected chi connectivity index (χ0v) is 47.0. The van der Waals surface area contributed by atoms with Crippen molar-refractivity contribution in [2.24, 2.45) is 56.2 Å². The van der Waals surface area contributed by atoms with Crippen molar-refractivity contribution >= 4 is 95.6 Å². The van der Waals surface area contributed by atoms with Crippen molar-refractivity contribution in [3.8, 4) is 0 Å². The van der Waals surface area contributed by atoms with Crippen molar-refractivity contribution in [3.63, 3.8) is 0 Å². The van der Waals surface area contributed by atoms with E-state index in [2.05, 4.69) is 80.4 Å². The van der Waals surface area contributed by atoms with Gasteiger partial charge in [-0.1, -0.05) is 34.1 Å². The molecule has 0 aromatic carbocycles. The fourth-order valence-corrected chi connectivity index (χ4v) is 7.50. The molecule has 0 aliphatic rings. The van der Waals surface area contributed by atoms with Crippen molar-refractivity contribution < 1.29 is 67.7 Å².